The molecular formula is C17H29IN4O2. The first-order valence-electron chi connectivity index (χ1n) is 8.13. The number of nitrogens with one attached hydrogen (secondary N) is 1. The van der Waals surface area contributed by atoms with Crippen molar-refractivity contribution in [3.8, 4) is 11.5 Å². The summed E-state index contributed by atoms with van der Waals surface area (Å²) in [6.07, 6.45) is 5.31. The molecule has 0 heterocycles. The Morgan fingerprint density at radius 2 is 1.92 bits per heavy atom. The first kappa shape index (κ1) is 20.8. The summed E-state index contributed by atoms with van der Waals surface area (Å²) in [7, 11) is 5.39. The van der Waals surface area contributed by atoms with Gasteiger partial charge in [-0.25, -0.2) is 0 Å². The Hall–Kier alpha value is -1.22. The van der Waals surface area contributed by atoms with E-state index in [1.165, 1.54) is 25.7 Å². The molecule has 1 aliphatic rings. The SMILES string of the molecule is COc1ccc(NC(N)=NCCN(C)C2CCCC2)cc1OC.I. The summed E-state index contributed by atoms with van der Waals surface area (Å²) in [4.78, 5) is 6.79. The van der Waals surface area contributed by atoms with Gasteiger partial charge in [-0.1, -0.05) is 12.8 Å². The molecule has 0 aliphatic heterocycles. The number of hydrogen-bond donors (Lipinski definition) is 2. The number of benzene rings is 1. The highest BCUT2D eigenvalue weighted by molar-refractivity contribution is 14.0. The number of aliphatic imine (C=N–C) groups is 1. The first-order chi connectivity index (χ1) is 11.1. The van der Waals surface area contributed by atoms with Crippen molar-refractivity contribution in [3.05, 3.63) is 18.2 Å². The Labute approximate surface area is 161 Å². The van der Waals surface area contributed by atoms with E-state index in [-0.39, 0.29) is 24.0 Å². The molecule has 0 bridgehead atoms. The number of nitrogens with two attached hydrogens (primary N) is 1. The normalized spacial score (nSPS) is 15.2. The van der Waals surface area contributed by atoms with Gasteiger partial charge in [-0.2, -0.15) is 0 Å². The lowest BCUT2D eigenvalue weighted by molar-refractivity contribution is 0.252. The molecule has 0 amide bonds. The third-order valence-electron chi connectivity index (χ3n) is 4.34. The minimum absolute atomic E-state index is 0. The average Bonchev–Trinajstić information content (AvgIpc) is 3.09. The molecule has 7 heteroatoms. The maximum absolute atomic E-state index is 5.96. The maximum Gasteiger partial charge on any atom is 0.193 e. The molecule has 6 nitrogen and oxygen atoms in total. The van der Waals surface area contributed by atoms with E-state index in [0.29, 0.717) is 30.0 Å². The van der Waals surface area contributed by atoms with Gasteiger partial charge in [0.15, 0.2) is 17.5 Å². The van der Waals surface area contributed by atoms with Gasteiger partial charge in [-0.3, -0.25) is 4.99 Å². The molecule has 0 spiro atoms. The van der Waals surface area contributed by atoms with Crippen LogP contribution in [-0.2, 0) is 0 Å². The molecule has 0 radical (unpaired) electrons. The summed E-state index contributed by atoms with van der Waals surface area (Å²) in [5.74, 6) is 1.76. The number of rotatable bonds is 7. The summed E-state index contributed by atoms with van der Waals surface area (Å²) in [5, 5.41) is 3.08. The zero-order chi connectivity index (χ0) is 16.7. The molecule has 1 aliphatic carbocycles. The van der Waals surface area contributed by atoms with Gasteiger partial charge in [0.1, 0.15) is 0 Å². The van der Waals surface area contributed by atoms with Crippen LogP contribution in [-0.4, -0.2) is 51.3 Å². The maximum atomic E-state index is 5.96. The van der Waals surface area contributed by atoms with E-state index in [0.717, 1.165) is 12.2 Å². The second-order valence-corrected chi connectivity index (χ2v) is 5.88. The summed E-state index contributed by atoms with van der Waals surface area (Å²) < 4.78 is 10.5. The molecule has 24 heavy (non-hydrogen) atoms. The Morgan fingerprint density at radius 3 is 2.54 bits per heavy atom. The van der Waals surface area contributed by atoms with Crippen molar-refractivity contribution < 1.29 is 9.47 Å². The summed E-state index contributed by atoms with van der Waals surface area (Å²) >= 11 is 0. The van der Waals surface area contributed by atoms with Gasteiger partial charge in [-0.05, 0) is 32.0 Å². The van der Waals surface area contributed by atoms with Crippen LogP contribution in [0.2, 0.25) is 0 Å². The summed E-state index contributed by atoms with van der Waals surface area (Å²) in [6.45, 7) is 1.62. The zero-order valence-corrected chi connectivity index (χ0v) is 17.1. The number of halogens is 1. The predicted molar refractivity (Wildman–Crippen MR) is 110 cm³/mol. The Balaban J connectivity index is 0.00000288. The molecule has 0 aromatic heterocycles. The van der Waals surface area contributed by atoms with E-state index in [2.05, 4.69) is 22.3 Å². The molecular weight excluding hydrogens is 419 g/mol. The van der Waals surface area contributed by atoms with Crippen LogP contribution in [0.4, 0.5) is 5.69 Å². The number of guanidine groups is 1. The van der Waals surface area contributed by atoms with Crippen LogP contribution in [0.25, 0.3) is 0 Å². The van der Waals surface area contributed by atoms with Crippen LogP contribution in [0, 0.1) is 0 Å². The minimum atomic E-state index is 0. The number of nitrogens with zero attached hydrogens (tertiary/aromatic N) is 2. The quantitative estimate of drug-likeness (QED) is 0.381. The third kappa shape index (κ3) is 6.01. The molecule has 1 aromatic rings. The van der Waals surface area contributed by atoms with Crippen molar-refractivity contribution in [2.24, 2.45) is 10.7 Å². The lowest BCUT2D eigenvalue weighted by atomic mass is 10.2. The Morgan fingerprint density at radius 1 is 1.25 bits per heavy atom. The summed E-state index contributed by atoms with van der Waals surface area (Å²) in [5.41, 5.74) is 6.78. The molecule has 0 atom stereocenters. The van der Waals surface area contributed by atoms with Crippen LogP contribution in [0.5, 0.6) is 11.5 Å². The second kappa shape index (κ2) is 10.6. The average molecular weight is 448 g/mol. The van der Waals surface area contributed by atoms with Crippen LogP contribution < -0.4 is 20.5 Å². The van der Waals surface area contributed by atoms with Gasteiger partial charge in [0.25, 0.3) is 0 Å². The molecule has 1 saturated carbocycles. The van der Waals surface area contributed by atoms with Gasteiger partial charge in [0.2, 0.25) is 0 Å². The number of methoxy groups -OCH3 is 2. The zero-order valence-electron chi connectivity index (χ0n) is 14.7. The largest absolute Gasteiger partial charge is 0.493 e. The second-order valence-electron chi connectivity index (χ2n) is 5.88. The first-order valence-corrected chi connectivity index (χ1v) is 8.13. The fourth-order valence-electron chi connectivity index (χ4n) is 2.96. The number of likely N-dealkylation sites (N-methyl/N-ethyl adjacent to an activating group) is 1. The molecule has 136 valence electrons. The Kier molecular flexibility index (Phi) is 9.20. The lowest BCUT2D eigenvalue weighted by Gasteiger charge is -2.22. The Bertz CT molecular complexity index is 533. The van der Waals surface area contributed by atoms with E-state index >= 15 is 0 Å². The van der Waals surface area contributed by atoms with Gasteiger partial charge in [-0.15, -0.1) is 24.0 Å². The highest BCUT2D eigenvalue weighted by Gasteiger charge is 2.18. The van der Waals surface area contributed by atoms with Crippen molar-refractivity contribution in [2.75, 3.05) is 39.7 Å². The summed E-state index contributed by atoms with van der Waals surface area (Å²) in [6, 6.07) is 6.27. The van der Waals surface area contributed by atoms with E-state index < -0.39 is 0 Å². The molecule has 3 N–H and O–H groups in total. The predicted octanol–water partition coefficient (Wildman–Crippen LogP) is 2.92. The van der Waals surface area contributed by atoms with E-state index in [9.17, 15) is 0 Å². The molecule has 0 saturated heterocycles. The van der Waals surface area contributed by atoms with Crippen molar-refractivity contribution in [2.45, 2.75) is 31.7 Å². The van der Waals surface area contributed by atoms with E-state index in [1.54, 1.807) is 14.2 Å². The van der Waals surface area contributed by atoms with Gasteiger partial charge in [0, 0.05) is 24.3 Å². The molecule has 1 fully saturated rings. The lowest BCUT2D eigenvalue weighted by Crippen LogP contribution is -2.32. The highest BCUT2D eigenvalue weighted by atomic mass is 127. The smallest absolute Gasteiger partial charge is 0.193 e. The van der Waals surface area contributed by atoms with Crippen molar-refractivity contribution in [1.82, 2.24) is 4.90 Å². The number of ether oxygens (including phenoxy) is 2. The minimum Gasteiger partial charge on any atom is -0.493 e. The van der Waals surface area contributed by atoms with Crippen molar-refractivity contribution in [1.29, 1.82) is 0 Å². The topological polar surface area (TPSA) is 72.1 Å². The van der Waals surface area contributed by atoms with Crippen LogP contribution in [0.3, 0.4) is 0 Å². The van der Waals surface area contributed by atoms with Crippen LogP contribution in [0.1, 0.15) is 25.7 Å². The monoisotopic (exact) mass is 448 g/mol. The third-order valence-corrected chi connectivity index (χ3v) is 4.34. The number of anilines is 1. The van der Waals surface area contributed by atoms with Crippen LogP contribution in [0.15, 0.2) is 23.2 Å². The highest BCUT2D eigenvalue weighted by Crippen LogP contribution is 2.29. The van der Waals surface area contributed by atoms with Gasteiger partial charge < -0.3 is 25.4 Å². The van der Waals surface area contributed by atoms with Gasteiger partial charge >= 0.3 is 0 Å². The fourth-order valence-corrected chi connectivity index (χ4v) is 2.96. The molecule has 2 rings (SSSR count). The molecule has 1 aromatic carbocycles. The van der Waals surface area contributed by atoms with Crippen molar-refractivity contribution in [3.63, 3.8) is 0 Å². The van der Waals surface area contributed by atoms with Gasteiger partial charge in [0.05, 0.1) is 20.8 Å². The van der Waals surface area contributed by atoms with E-state index in [1.807, 2.05) is 18.2 Å². The fraction of sp³-hybridized carbons (Fsp3) is 0.588. The van der Waals surface area contributed by atoms with E-state index in [4.69, 9.17) is 15.2 Å². The van der Waals surface area contributed by atoms with Crippen molar-refractivity contribution >= 4 is 35.6 Å². The van der Waals surface area contributed by atoms with Crippen LogP contribution >= 0.6 is 24.0 Å². The number of hydrogen-bond acceptors (Lipinski definition) is 4. The standard InChI is InChI=1S/C17H28N4O2.HI/c1-21(14-6-4-5-7-14)11-10-19-17(18)20-13-8-9-15(22-2)16(12-13)23-3;/h8-9,12,14H,4-7,10-11H2,1-3H3,(H3,18,19,20);1H. The molecule has 0 unspecified atom stereocenters.